The van der Waals surface area contributed by atoms with E-state index in [4.69, 9.17) is 5.11 Å². The third-order valence-electron chi connectivity index (χ3n) is 2.80. The van der Waals surface area contributed by atoms with Crippen LogP contribution in [-0.4, -0.2) is 16.1 Å². The Labute approximate surface area is 91.3 Å². The lowest BCUT2D eigenvalue weighted by Crippen LogP contribution is -1.97. The normalized spacial score (nSPS) is 11.0. The Morgan fingerprint density at radius 1 is 1.12 bits per heavy atom. The van der Waals surface area contributed by atoms with E-state index < -0.39 is 5.97 Å². The summed E-state index contributed by atoms with van der Waals surface area (Å²) in [6.45, 7) is 0. The molecule has 2 N–H and O–H groups in total. The second-order valence-corrected chi connectivity index (χ2v) is 3.72. The van der Waals surface area contributed by atoms with Crippen LogP contribution >= 0.6 is 0 Å². The van der Waals surface area contributed by atoms with Gasteiger partial charge in [-0.15, -0.1) is 0 Å². The molecule has 3 aromatic rings. The van der Waals surface area contributed by atoms with Crippen molar-refractivity contribution in [3.8, 4) is 0 Å². The van der Waals surface area contributed by atoms with Gasteiger partial charge in [0.1, 0.15) is 0 Å². The van der Waals surface area contributed by atoms with Crippen LogP contribution in [0, 0.1) is 0 Å². The van der Waals surface area contributed by atoms with Crippen LogP contribution in [0.25, 0.3) is 21.7 Å². The van der Waals surface area contributed by atoms with Crippen LogP contribution in [0.5, 0.6) is 0 Å². The van der Waals surface area contributed by atoms with Gasteiger partial charge in [-0.25, -0.2) is 4.79 Å². The van der Waals surface area contributed by atoms with E-state index in [1.807, 2.05) is 36.5 Å². The maximum absolute atomic E-state index is 11.2. The Balaban J connectivity index is 2.60. The number of nitrogens with one attached hydrogen (secondary N) is 1. The molecule has 0 bridgehead atoms. The summed E-state index contributed by atoms with van der Waals surface area (Å²) in [6.07, 6.45) is 1.82. The number of H-pyrrole nitrogens is 1. The summed E-state index contributed by atoms with van der Waals surface area (Å²) in [6, 6.07) is 11.1. The van der Waals surface area contributed by atoms with Crippen LogP contribution in [0.15, 0.2) is 42.6 Å². The van der Waals surface area contributed by atoms with Gasteiger partial charge in [-0.3, -0.25) is 0 Å². The molecule has 0 atom stereocenters. The van der Waals surface area contributed by atoms with Crippen molar-refractivity contribution in [3.05, 3.63) is 48.2 Å². The number of fused-ring (bicyclic) bond motifs is 3. The molecule has 1 aromatic heterocycles. The summed E-state index contributed by atoms with van der Waals surface area (Å²) in [4.78, 5) is 14.3. The van der Waals surface area contributed by atoms with Gasteiger partial charge in [-0.1, -0.05) is 24.3 Å². The minimum absolute atomic E-state index is 0.350. The molecule has 0 spiro atoms. The van der Waals surface area contributed by atoms with Gasteiger partial charge in [0.2, 0.25) is 0 Å². The Morgan fingerprint density at radius 3 is 2.62 bits per heavy atom. The summed E-state index contributed by atoms with van der Waals surface area (Å²) >= 11 is 0. The van der Waals surface area contributed by atoms with Gasteiger partial charge < -0.3 is 10.1 Å². The number of benzene rings is 2. The highest BCUT2D eigenvalue weighted by Crippen LogP contribution is 2.27. The van der Waals surface area contributed by atoms with Crippen LogP contribution in [0.2, 0.25) is 0 Å². The fourth-order valence-corrected chi connectivity index (χ4v) is 2.08. The van der Waals surface area contributed by atoms with Crippen molar-refractivity contribution in [1.29, 1.82) is 0 Å². The van der Waals surface area contributed by atoms with Gasteiger partial charge in [-0.05, 0) is 17.5 Å². The van der Waals surface area contributed by atoms with E-state index in [2.05, 4.69) is 4.98 Å². The zero-order valence-corrected chi connectivity index (χ0v) is 8.40. The highest BCUT2D eigenvalue weighted by molar-refractivity contribution is 6.14. The van der Waals surface area contributed by atoms with E-state index in [0.29, 0.717) is 5.56 Å². The average molecular weight is 211 g/mol. The fourth-order valence-electron chi connectivity index (χ4n) is 2.08. The Morgan fingerprint density at radius 2 is 1.88 bits per heavy atom. The van der Waals surface area contributed by atoms with E-state index in [0.717, 1.165) is 21.7 Å². The molecule has 0 radical (unpaired) electrons. The predicted molar refractivity (Wildman–Crippen MR) is 62.8 cm³/mol. The molecular weight excluding hydrogens is 202 g/mol. The minimum Gasteiger partial charge on any atom is -0.478 e. The van der Waals surface area contributed by atoms with Gasteiger partial charge in [0, 0.05) is 17.0 Å². The number of carboxylic acids is 1. The molecule has 0 aliphatic rings. The monoisotopic (exact) mass is 211 g/mol. The molecule has 0 amide bonds. The molecule has 0 aliphatic heterocycles. The van der Waals surface area contributed by atoms with Gasteiger partial charge in [0.15, 0.2) is 0 Å². The lowest BCUT2D eigenvalue weighted by molar-refractivity contribution is 0.0699. The van der Waals surface area contributed by atoms with Gasteiger partial charge in [0.25, 0.3) is 0 Å². The van der Waals surface area contributed by atoms with E-state index in [-0.39, 0.29) is 0 Å². The van der Waals surface area contributed by atoms with E-state index in [9.17, 15) is 4.79 Å². The minimum atomic E-state index is -0.890. The first-order valence-electron chi connectivity index (χ1n) is 4.99. The summed E-state index contributed by atoms with van der Waals surface area (Å²) in [5.41, 5.74) is 1.34. The van der Waals surface area contributed by atoms with Gasteiger partial charge in [0.05, 0.1) is 11.1 Å². The topological polar surface area (TPSA) is 53.1 Å². The average Bonchev–Trinajstić information content (AvgIpc) is 2.75. The second-order valence-electron chi connectivity index (χ2n) is 3.72. The molecule has 0 saturated carbocycles. The first-order valence-corrected chi connectivity index (χ1v) is 4.99. The van der Waals surface area contributed by atoms with Crippen molar-refractivity contribution in [2.75, 3.05) is 0 Å². The summed E-state index contributed by atoms with van der Waals surface area (Å²) in [7, 11) is 0. The Hall–Kier alpha value is -2.29. The Bertz CT molecular complexity index is 697. The molecule has 3 heteroatoms. The first-order chi connectivity index (χ1) is 7.77. The number of rotatable bonds is 1. The highest BCUT2D eigenvalue weighted by atomic mass is 16.4. The van der Waals surface area contributed by atoms with Crippen molar-refractivity contribution >= 4 is 27.6 Å². The molecule has 3 nitrogen and oxygen atoms in total. The number of carbonyl (C=O) groups is 1. The molecular formula is C13H9NO2. The van der Waals surface area contributed by atoms with Crippen LogP contribution in [0.3, 0.4) is 0 Å². The zero-order valence-electron chi connectivity index (χ0n) is 8.40. The fraction of sp³-hybridized carbons (Fsp3) is 0. The highest BCUT2D eigenvalue weighted by Gasteiger charge is 2.11. The zero-order chi connectivity index (χ0) is 11.1. The number of aromatic amines is 1. The van der Waals surface area contributed by atoms with Crippen molar-refractivity contribution < 1.29 is 9.90 Å². The van der Waals surface area contributed by atoms with Gasteiger partial charge >= 0.3 is 5.97 Å². The maximum Gasteiger partial charge on any atom is 0.336 e. The van der Waals surface area contributed by atoms with Crippen molar-refractivity contribution in [3.63, 3.8) is 0 Å². The molecule has 0 saturated heterocycles. The molecule has 16 heavy (non-hydrogen) atoms. The van der Waals surface area contributed by atoms with Crippen LogP contribution in [0.4, 0.5) is 0 Å². The molecule has 1 heterocycles. The first kappa shape index (κ1) is 8.97. The van der Waals surface area contributed by atoms with Crippen LogP contribution in [0.1, 0.15) is 10.4 Å². The van der Waals surface area contributed by atoms with E-state index in [1.165, 1.54) is 0 Å². The summed E-state index contributed by atoms with van der Waals surface area (Å²) in [5.74, 6) is -0.890. The second kappa shape index (κ2) is 3.10. The Kier molecular flexibility index (Phi) is 1.74. The maximum atomic E-state index is 11.2. The van der Waals surface area contributed by atoms with Crippen molar-refractivity contribution in [2.45, 2.75) is 0 Å². The number of hydrogen-bond acceptors (Lipinski definition) is 1. The summed E-state index contributed by atoms with van der Waals surface area (Å²) in [5, 5.41) is 11.8. The largest absolute Gasteiger partial charge is 0.478 e. The smallest absolute Gasteiger partial charge is 0.336 e. The molecule has 0 unspecified atom stereocenters. The molecule has 0 fully saturated rings. The number of aromatic nitrogens is 1. The van der Waals surface area contributed by atoms with E-state index in [1.54, 1.807) is 6.07 Å². The molecule has 0 aliphatic carbocycles. The number of aromatic carboxylic acids is 1. The van der Waals surface area contributed by atoms with Crippen LogP contribution < -0.4 is 0 Å². The molecule has 3 rings (SSSR count). The molecule has 2 aromatic carbocycles. The lowest BCUT2D eigenvalue weighted by Gasteiger charge is -2.03. The SMILES string of the molecule is O=C(O)c1cc2cc[nH]c2c2ccccc12. The standard InChI is InChI=1S/C13H9NO2/c15-13(16)11-7-8-5-6-14-12(8)10-4-2-1-3-9(10)11/h1-7,14H,(H,15,16). The van der Waals surface area contributed by atoms with Crippen molar-refractivity contribution in [1.82, 2.24) is 4.98 Å². The third-order valence-corrected chi connectivity index (χ3v) is 2.80. The number of hydrogen-bond donors (Lipinski definition) is 2. The number of carboxylic acid groups (broad SMARTS) is 1. The quantitative estimate of drug-likeness (QED) is 0.650. The predicted octanol–water partition coefficient (Wildman–Crippen LogP) is 3.02. The lowest BCUT2D eigenvalue weighted by atomic mass is 10.0. The van der Waals surface area contributed by atoms with E-state index >= 15 is 0 Å². The van der Waals surface area contributed by atoms with Crippen molar-refractivity contribution in [2.24, 2.45) is 0 Å². The summed E-state index contributed by atoms with van der Waals surface area (Å²) < 4.78 is 0. The van der Waals surface area contributed by atoms with Crippen LogP contribution in [-0.2, 0) is 0 Å². The third kappa shape index (κ3) is 1.11. The molecule has 78 valence electrons. The van der Waals surface area contributed by atoms with Gasteiger partial charge in [-0.2, -0.15) is 0 Å².